The molecule has 0 unspecified atom stereocenters. The molecular formula is C19H21FN2O5. The number of amides is 1. The van der Waals surface area contributed by atoms with Crippen molar-refractivity contribution in [1.82, 2.24) is 4.90 Å². The van der Waals surface area contributed by atoms with Crippen molar-refractivity contribution in [3.8, 4) is 0 Å². The van der Waals surface area contributed by atoms with Crippen molar-refractivity contribution in [3.05, 3.63) is 35.1 Å². The number of fused-ring (bicyclic) bond motifs is 1. The highest BCUT2D eigenvalue weighted by atomic mass is 19.1. The van der Waals surface area contributed by atoms with Crippen LogP contribution in [0.15, 0.2) is 23.2 Å². The molecule has 0 aliphatic carbocycles. The van der Waals surface area contributed by atoms with Crippen molar-refractivity contribution in [2.24, 2.45) is 16.8 Å². The van der Waals surface area contributed by atoms with E-state index in [0.29, 0.717) is 25.8 Å². The van der Waals surface area contributed by atoms with E-state index in [1.54, 1.807) is 6.07 Å². The van der Waals surface area contributed by atoms with E-state index in [-0.39, 0.29) is 37.2 Å². The van der Waals surface area contributed by atoms with E-state index in [0.717, 1.165) is 16.8 Å². The first-order chi connectivity index (χ1) is 12.8. The van der Waals surface area contributed by atoms with Gasteiger partial charge in [0.2, 0.25) is 0 Å². The number of aliphatic carboxylic acids is 2. The van der Waals surface area contributed by atoms with Gasteiger partial charge in [-0.15, -0.1) is 0 Å². The molecule has 0 saturated carbocycles. The third-order valence-electron chi connectivity index (χ3n) is 5.32. The highest BCUT2D eigenvalue weighted by Gasteiger charge is 2.35. The van der Waals surface area contributed by atoms with E-state index in [4.69, 9.17) is 5.11 Å². The lowest BCUT2D eigenvalue weighted by Crippen LogP contribution is -2.47. The van der Waals surface area contributed by atoms with Gasteiger partial charge in [0.15, 0.2) is 0 Å². The van der Waals surface area contributed by atoms with Crippen LogP contribution in [0.1, 0.15) is 30.4 Å². The van der Waals surface area contributed by atoms with Gasteiger partial charge in [-0.3, -0.25) is 14.6 Å². The van der Waals surface area contributed by atoms with E-state index >= 15 is 0 Å². The molecule has 0 spiro atoms. The number of piperidine rings is 1. The van der Waals surface area contributed by atoms with Gasteiger partial charge in [0.05, 0.1) is 0 Å². The summed E-state index contributed by atoms with van der Waals surface area (Å²) in [5, 5.41) is 18.2. The Bertz CT molecular complexity index is 807. The summed E-state index contributed by atoms with van der Waals surface area (Å²) < 4.78 is 13.5. The minimum absolute atomic E-state index is 0.0384. The Morgan fingerprint density at radius 2 is 2.00 bits per heavy atom. The quantitative estimate of drug-likeness (QED) is 0.776. The fourth-order valence-corrected chi connectivity index (χ4v) is 3.99. The van der Waals surface area contributed by atoms with Crippen LogP contribution in [-0.2, 0) is 20.8 Å². The zero-order chi connectivity index (χ0) is 19.6. The maximum atomic E-state index is 13.5. The molecule has 3 rings (SSSR count). The van der Waals surface area contributed by atoms with Gasteiger partial charge in [-0.25, -0.2) is 9.18 Å². The molecule has 1 aromatic rings. The fourth-order valence-electron chi connectivity index (χ4n) is 3.99. The lowest BCUT2D eigenvalue weighted by atomic mass is 9.78. The minimum atomic E-state index is -1.51. The predicted octanol–water partition coefficient (Wildman–Crippen LogP) is 1.58. The lowest BCUT2D eigenvalue weighted by molar-refractivity contribution is -0.157. The van der Waals surface area contributed by atoms with Gasteiger partial charge in [-0.05, 0) is 60.4 Å². The zero-order valence-corrected chi connectivity index (χ0v) is 14.7. The van der Waals surface area contributed by atoms with Gasteiger partial charge in [0.25, 0.3) is 0 Å². The summed E-state index contributed by atoms with van der Waals surface area (Å²) in [5.74, 6) is -4.10. The normalized spacial score (nSPS) is 22.0. The number of carbonyl (C=O) groups is 3. The largest absolute Gasteiger partial charge is 0.481 e. The van der Waals surface area contributed by atoms with Crippen LogP contribution in [0.2, 0.25) is 0 Å². The monoisotopic (exact) mass is 376 g/mol. The first kappa shape index (κ1) is 19.0. The van der Waals surface area contributed by atoms with Crippen molar-refractivity contribution >= 4 is 23.6 Å². The Balaban J connectivity index is 1.82. The maximum Gasteiger partial charge on any atom is 0.394 e. The van der Waals surface area contributed by atoms with Gasteiger partial charge in [-0.1, -0.05) is 0 Å². The molecular weight excluding hydrogens is 355 g/mol. The van der Waals surface area contributed by atoms with Gasteiger partial charge in [0.1, 0.15) is 5.82 Å². The van der Waals surface area contributed by atoms with Crippen molar-refractivity contribution in [2.45, 2.75) is 25.7 Å². The zero-order valence-electron chi connectivity index (χ0n) is 14.7. The van der Waals surface area contributed by atoms with E-state index in [9.17, 15) is 23.9 Å². The number of likely N-dealkylation sites (tertiary alicyclic amines) is 1. The molecule has 0 radical (unpaired) electrons. The van der Waals surface area contributed by atoms with Crippen LogP contribution in [0.4, 0.5) is 4.39 Å². The molecule has 1 amide bonds. The average molecular weight is 376 g/mol. The summed E-state index contributed by atoms with van der Waals surface area (Å²) in [6.45, 7) is 0.937. The summed E-state index contributed by atoms with van der Waals surface area (Å²) in [5.41, 5.74) is 2.48. The summed E-state index contributed by atoms with van der Waals surface area (Å²) in [4.78, 5) is 39.9. The Morgan fingerprint density at radius 1 is 1.22 bits per heavy atom. The molecule has 2 aliphatic heterocycles. The number of carboxylic acids is 2. The summed E-state index contributed by atoms with van der Waals surface area (Å²) in [7, 11) is 0. The first-order valence-corrected chi connectivity index (χ1v) is 8.91. The highest BCUT2D eigenvalue weighted by Crippen LogP contribution is 2.32. The van der Waals surface area contributed by atoms with E-state index in [2.05, 4.69) is 4.99 Å². The SMILES string of the molecule is O=C(O)C[C@@H]1CCN(C(=O)C(=O)O)C[C@@H]1CC1=NCCc2cc(F)ccc21. The molecule has 2 aliphatic rings. The van der Waals surface area contributed by atoms with Crippen LogP contribution in [-0.4, -0.2) is 58.3 Å². The number of hydrogen-bond donors (Lipinski definition) is 2. The summed E-state index contributed by atoms with van der Waals surface area (Å²) in [6, 6.07) is 4.53. The number of nitrogens with zero attached hydrogens (tertiary/aromatic N) is 2. The molecule has 1 saturated heterocycles. The predicted molar refractivity (Wildman–Crippen MR) is 94.2 cm³/mol. The van der Waals surface area contributed by atoms with Crippen LogP contribution >= 0.6 is 0 Å². The number of halogens is 1. The van der Waals surface area contributed by atoms with Gasteiger partial charge in [0, 0.05) is 31.8 Å². The Morgan fingerprint density at radius 3 is 2.70 bits per heavy atom. The van der Waals surface area contributed by atoms with Crippen LogP contribution in [0.25, 0.3) is 0 Å². The third-order valence-corrected chi connectivity index (χ3v) is 5.32. The number of benzene rings is 1. The van der Waals surface area contributed by atoms with Crippen LogP contribution in [0.3, 0.4) is 0 Å². The van der Waals surface area contributed by atoms with Crippen LogP contribution in [0.5, 0.6) is 0 Å². The summed E-state index contributed by atoms with van der Waals surface area (Å²) >= 11 is 0. The molecule has 1 fully saturated rings. The number of carboxylic acid groups (broad SMARTS) is 2. The lowest BCUT2D eigenvalue weighted by Gasteiger charge is -2.38. The van der Waals surface area contributed by atoms with E-state index in [1.165, 1.54) is 17.0 Å². The molecule has 0 aromatic heterocycles. The molecule has 2 N–H and O–H groups in total. The number of carbonyl (C=O) groups excluding carboxylic acids is 1. The molecule has 144 valence electrons. The Labute approximate surface area is 155 Å². The van der Waals surface area contributed by atoms with Crippen molar-refractivity contribution in [3.63, 3.8) is 0 Å². The molecule has 2 atom stereocenters. The van der Waals surface area contributed by atoms with Crippen LogP contribution < -0.4 is 0 Å². The van der Waals surface area contributed by atoms with Gasteiger partial charge < -0.3 is 15.1 Å². The first-order valence-electron chi connectivity index (χ1n) is 8.91. The number of aliphatic imine (C=N–C) groups is 1. The van der Waals surface area contributed by atoms with E-state index < -0.39 is 17.8 Å². The van der Waals surface area contributed by atoms with Crippen molar-refractivity contribution < 1.29 is 29.0 Å². The number of rotatable bonds is 4. The summed E-state index contributed by atoms with van der Waals surface area (Å²) in [6.07, 6.45) is 1.46. The Hall–Kier alpha value is -2.77. The molecule has 8 heteroatoms. The second-order valence-corrected chi connectivity index (χ2v) is 7.05. The minimum Gasteiger partial charge on any atom is -0.481 e. The maximum absolute atomic E-state index is 13.5. The smallest absolute Gasteiger partial charge is 0.394 e. The molecule has 1 aromatic carbocycles. The molecule has 2 heterocycles. The Kier molecular flexibility index (Phi) is 5.53. The second-order valence-electron chi connectivity index (χ2n) is 7.05. The van der Waals surface area contributed by atoms with Crippen LogP contribution in [0, 0.1) is 17.7 Å². The van der Waals surface area contributed by atoms with Crippen molar-refractivity contribution in [1.29, 1.82) is 0 Å². The highest BCUT2D eigenvalue weighted by molar-refractivity contribution is 6.31. The van der Waals surface area contributed by atoms with E-state index in [1.807, 2.05) is 0 Å². The fraction of sp³-hybridized carbons (Fsp3) is 0.474. The average Bonchev–Trinajstić information content (AvgIpc) is 2.62. The van der Waals surface area contributed by atoms with Gasteiger partial charge >= 0.3 is 17.8 Å². The second kappa shape index (κ2) is 7.85. The van der Waals surface area contributed by atoms with Gasteiger partial charge in [-0.2, -0.15) is 0 Å². The standard InChI is InChI=1S/C19H21FN2O5/c20-14-1-2-15-12(7-14)3-5-21-16(15)8-13-10-22(18(25)19(26)27)6-4-11(13)9-17(23)24/h1-2,7,11,13H,3-6,8-10H2,(H,23,24)(H,26,27)/t11-,13-/m0/s1. The molecule has 0 bridgehead atoms. The van der Waals surface area contributed by atoms with Crippen molar-refractivity contribution in [2.75, 3.05) is 19.6 Å². The molecule has 7 nitrogen and oxygen atoms in total. The topological polar surface area (TPSA) is 107 Å². The third kappa shape index (κ3) is 4.32. The molecule has 27 heavy (non-hydrogen) atoms. The number of hydrogen-bond acceptors (Lipinski definition) is 4.